The van der Waals surface area contributed by atoms with Gasteiger partial charge in [0.1, 0.15) is 0 Å². The molecule has 0 radical (unpaired) electrons. The van der Waals surface area contributed by atoms with Crippen molar-refractivity contribution in [3.8, 4) is 0 Å². The molecule has 1 heterocycles. The molecule has 0 saturated carbocycles. The molecule has 1 saturated heterocycles. The van der Waals surface area contributed by atoms with Crippen LogP contribution in [-0.2, 0) is 20.6 Å². The third kappa shape index (κ3) is 3.19. The Kier molecular flexibility index (Phi) is 4.15. The molecule has 0 aromatic heterocycles. The minimum Gasteiger partial charge on any atom is -0.481 e. The van der Waals surface area contributed by atoms with Crippen molar-refractivity contribution in [2.24, 2.45) is 11.8 Å². The highest BCUT2D eigenvalue weighted by Gasteiger charge is 2.39. The molecule has 1 aromatic rings. The summed E-state index contributed by atoms with van der Waals surface area (Å²) in [4.78, 5) is 11.1. The van der Waals surface area contributed by atoms with Crippen molar-refractivity contribution < 1.29 is 18.3 Å². The molecular formula is C14H19NO4S. The summed E-state index contributed by atoms with van der Waals surface area (Å²) >= 11 is 0. The van der Waals surface area contributed by atoms with Crippen molar-refractivity contribution in [3.63, 3.8) is 0 Å². The van der Waals surface area contributed by atoms with E-state index in [2.05, 4.69) is 0 Å². The van der Waals surface area contributed by atoms with E-state index in [-0.39, 0.29) is 24.8 Å². The monoisotopic (exact) mass is 297 g/mol. The van der Waals surface area contributed by atoms with E-state index in [4.69, 9.17) is 5.11 Å². The quantitative estimate of drug-likeness (QED) is 0.913. The first kappa shape index (κ1) is 15.0. The topological polar surface area (TPSA) is 74.7 Å². The van der Waals surface area contributed by atoms with Crippen LogP contribution in [-0.4, -0.2) is 36.9 Å². The number of carboxylic acids is 1. The minimum absolute atomic E-state index is 0.0741. The predicted molar refractivity (Wildman–Crippen MR) is 75.7 cm³/mol. The SMILES string of the molecule is Cc1cccc(CS(=O)(=O)N2C[C@@H](C)[C@H](C(=O)O)C2)c1. The van der Waals surface area contributed by atoms with Crippen LogP contribution in [0.25, 0.3) is 0 Å². The second-order valence-corrected chi connectivity index (χ2v) is 7.45. The third-order valence-corrected chi connectivity index (χ3v) is 5.50. The molecule has 110 valence electrons. The van der Waals surface area contributed by atoms with Crippen LogP contribution in [0, 0.1) is 18.8 Å². The fourth-order valence-electron chi connectivity index (χ4n) is 2.57. The predicted octanol–water partition coefficient (Wildman–Crippen LogP) is 1.48. The molecular weight excluding hydrogens is 278 g/mol. The molecule has 1 aliphatic rings. The van der Waals surface area contributed by atoms with Gasteiger partial charge < -0.3 is 5.11 Å². The summed E-state index contributed by atoms with van der Waals surface area (Å²) in [5.41, 5.74) is 1.74. The van der Waals surface area contributed by atoms with Crippen LogP contribution < -0.4 is 0 Å². The van der Waals surface area contributed by atoms with Gasteiger partial charge in [-0.05, 0) is 18.4 Å². The highest BCUT2D eigenvalue weighted by atomic mass is 32.2. The fourth-order valence-corrected chi connectivity index (χ4v) is 4.21. The third-order valence-electron chi connectivity index (χ3n) is 3.72. The van der Waals surface area contributed by atoms with Gasteiger partial charge in [0, 0.05) is 13.1 Å². The van der Waals surface area contributed by atoms with Gasteiger partial charge in [-0.1, -0.05) is 36.8 Å². The first-order valence-corrected chi connectivity index (χ1v) is 8.16. The molecule has 0 bridgehead atoms. The Morgan fingerprint density at radius 2 is 2.10 bits per heavy atom. The van der Waals surface area contributed by atoms with E-state index in [9.17, 15) is 13.2 Å². The molecule has 2 atom stereocenters. The van der Waals surface area contributed by atoms with Crippen molar-refractivity contribution in [2.75, 3.05) is 13.1 Å². The molecule has 1 fully saturated rings. The first-order valence-electron chi connectivity index (χ1n) is 6.56. The molecule has 0 amide bonds. The summed E-state index contributed by atoms with van der Waals surface area (Å²) in [6, 6.07) is 7.35. The Bertz CT molecular complexity index is 611. The number of carbonyl (C=O) groups is 1. The van der Waals surface area contributed by atoms with Crippen LogP contribution in [0.4, 0.5) is 0 Å². The van der Waals surface area contributed by atoms with Crippen LogP contribution in [0.3, 0.4) is 0 Å². The maximum Gasteiger partial charge on any atom is 0.308 e. The number of sulfonamides is 1. The average Bonchev–Trinajstić information content (AvgIpc) is 2.71. The highest BCUT2D eigenvalue weighted by molar-refractivity contribution is 7.88. The van der Waals surface area contributed by atoms with Crippen LogP contribution in [0.5, 0.6) is 0 Å². The number of rotatable bonds is 4. The van der Waals surface area contributed by atoms with Crippen LogP contribution in [0.15, 0.2) is 24.3 Å². The fraction of sp³-hybridized carbons (Fsp3) is 0.500. The van der Waals surface area contributed by atoms with Gasteiger partial charge >= 0.3 is 5.97 Å². The summed E-state index contributed by atoms with van der Waals surface area (Å²) in [6.07, 6.45) is 0. The van der Waals surface area contributed by atoms with E-state index >= 15 is 0 Å². The summed E-state index contributed by atoms with van der Waals surface area (Å²) in [5, 5.41) is 9.07. The number of nitrogens with zero attached hydrogens (tertiary/aromatic N) is 1. The number of aliphatic carboxylic acids is 1. The highest BCUT2D eigenvalue weighted by Crippen LogP contribution is 2.27. The van der Waals surface area contributed by atoms with Crippen LogP contribution in [0.2, 0.25) is 0 Å². The van der Waals surface area contributed by atoms with E-state index in [1.165, 1.54) is 4.31 Å². The standard InChI is InChI=1S/C14H19NO4S/c1-10-4-3-5-12(6-10)9-20(18,19)15-7-11(2)13(8-15)14(16)17/h3-6,11,13H,7-9H2,1-2H3,(H,16,17)/t11-,13-/m1/s1. The number of hydrogen-bond acceptors (Lipinski definition) is 3. The van der Waals surface area contributed by atoms with Gasteiger partial charge in [-0.25, -0.2) is 12.7 Å². The lowest BCUT2D eigenvalue weighted by Crippen LogP contribution is -2.31. The van der Waals surface area contributed by atoms with Crippen molar-refractivity contribution in [1.82, 2.24) is 4.31 Å². The zero-order chi connectivity index (χ0) is 14.9. The lowest BCUT2D eigenvalue weighted by Gasteiger charge is -2.16. The van der Waals surface area contributed by atoms with Gasteiger partial charge in [-0.3, -0.25) is 4.79 Å². The number of hydrogen-bond donors (Lipinski definition) is 1. The maximum absolute atomic E-state index is 12.4. The van der Waals surface area contributed by atoms with E-state index in [1.807, 2.05) is 25.1 Å². The lowest BCUT2D eigenvalue weighted by molar-refractivity contribution is -0.142. The molecule has 0 aliphatic carbocycles. The molecule has 0 spiro atoms. The molecule has 1 N–H and O–H groups in total. The summed E-state index contributed by atoms with van der Waals surface area (Å²) in [7, 11) is -3.46. The molecule has 20 heavy (non-hydrogen) atoms. The van der Waals surface area contributed by atoms with Gasteiger partial charge in [0.2, 0.25) is 10.0 Å². The van der Waals surface area contributed by atoms with Gasteiger partial charge in [0.15, 0.2) is 0 Å². The summed E-state index contributed by atoms with van der Waals surface area (Å²) in [5.74, 6) is -1.76. The largest absolute Gasteiger partial charge is 0.481 e. The summed E-state index contributed by atoms with van der Waals surface area (Å²) in [6.45, 7) is 4.05. The van der Waals surface area contributed by atoms with Crippen LogP contribution >= 0.6 is 0 Å². The first-order chi connectivity index (χ1) is 9.29. The second kappa shape index (κ2) is 5.54. The van der Waals surface area contributed by atoms with E-state index in [0.29, 0.717) is 0 Å². The zero-order valence-corrected chi connectivity index (χ0v) is 12.4. The van der Waals surface area contributed by atoms with Gasteiger partial charge in [-0.15, -0.1) is 0 Å². The lowest BCUT2D eigenvalue weighted by atomic mass is 9.99. The molecule has 1 aliphatic heterocycles. The number of carboxylic acid groups (broad SMARTS) is 1. The van der Waals surface area contributed by atoms with Crippen molar-refractivity contribution in [3.05, 3.63) is 35.4 Å². The zero-order valence-electron chi connectivity index (χ0n) is 11.6. The second-order valence-electron chi connectivity index (χ2n) is 5.48. The van der Waals surface area contributed by atoms with Gasteiger partial charge in [-0.2, -0.15) is 0 Å². The van der Waals surface area contributed by atoms with Crippen molar-refractivity contribution >= 4 is 16.0 Å². The Balaban J connectivity index is 2.14. The number of aryl methyl sites for hydroxylation is 1. The average molecular weight is 297 g/mol. The normalized spacial score (nSPS) is 23.9. The van der Waals surface area contributed by atoms with E-state index in [1.54, 1.807) is 13.0 Å². The molecule has 0 unspecified atom stereocenters. The van der Waals surface area contributed by atoms with Crippen molar-refractivity contribution in [1.29, 1.82) is 0 Å². The molecule has 1 aromatic carbocycles. The molecule has 2 rings (SSSR count). The molecule has 6 heteroatoms. The van der Waals surface area contributed by atoms with Crippen molar-refractivity contribution in [2.45, 2.75) is 19.6 Å². The Labute approximate surface area is 119 Å². The maximum atomic E-state index is 12.4. The van der Waals surface area contributed by atoms with E-state index < -0.39 is 21.9 Å². The van der Waals surface area contributed by atoms with Crippen LogP contribution in [0.1, 0.15) is 18.1 Å². The van der Waals surface area contributed by atoms with Gasteiger partial charge in [0.25, 0.3) is 0 Å². The van der Waals surface area contributed by atoms with Gasteiger partial charge in [0.05, 0.1) is 11.7 Å². The number of benzene rings is 1. The molecule has 5 nitrogen and oxygen atoms in total. The Morgan fingerprint density at radius 3 is 2.65 bits per heavy atom. The Morgan fingerprint density at radius 1 is 1.40 bits per heavy atom. The van der Waals surface area contributed by atoms with E-state index in [0.717, 1.165) is 11.1 Å². The minimum atomic E-state index is -3.46. The smallest absolute Gasteiger partial charge is 0.308 e. The summed E-state index contributed by atoms with van der Waals surface area (Å²) < 4.78 is 26.0. The Hall–Kier alpha value is -1.40.